The first-order chi connectivity index (χ1) is 4.61. The maximum absolute atomic E-state index is 8.76. The standard InChI is InChI=1S/C5H8O.HNO3/c6-5-2-3-1-4(3)5;2-1(3)4/h3-6H,1-2H2;(H,2,3,4). The molecule has 0 amide bonds. The second-order valence-corrected chi connectivity index (χ2v) is 2.70. The van der Waals surface area contributed by atoms with E-state index in [-0.39, 0.29) is 6.10 Å². The molecule has 0 bridgehead atoms. The highest BCUT2D eigenvalue weighted by Crippen LogP contribution is 2.55. The highest BCUT2D eigenvalue weighted by Gasteiger charge is 2.52. The third kappa shape index (κ3) is 1.57. The van der Waals surface area contributed by atoms with E-state index in [2.05, 4.69) is 0 Å². The molecular formula is C5H9NO4. The van der Waals surface area contributed by atoms with E-state index in [4.69, 9.17) is 20.4 Å². The topological polar surface area (TPSA) is 83.6 Å². The van der Waals surface area contributed by atoms with E-state index in [0.29, 0.717) is 0 Å². The van der Waals surface area contributed by atoms with Crippen LogP contribution in [0.2, 0.25) is 0 Å². The summed E-state index contributed by atoms with van der Waals surface area (Å²) >= 11 is 0. The molecule has 0 aromatic rings. The molecule has 2 aliphatic rings. The average molecular weight is 147 g/mol. The quantitative estimate of drug-likeness (QED) is 0.374. The van der Waals surface area contributed by atoms with Crippen LogP contribution >= 0.6 is 0 Å². The largest absolute Gasteiger partial charge is 0.393 e. The van der Waals surface area contributed by atoms with E-state index in [0.717, 1.165) is 18.3 Å². The Bertz CT molecular complexity index is 145. The van der Waals surface area contributed by atoms with E-state index < -0.39 is 5.09 Å². The third-order valence-electron chi connectivity index (χ3n) is 2.02. The Morgan fingerprint density at radius 2 is 2.00 bits per heavy atom. The predicted octanol–water partition coefficient (Wildman–Crippen LogP) is 0.0394. The SMILES string of the molecule is O=[N+]([O-])O.OC1CC2CC12. The monoisotopic (exact) mass is 147 g/mol. The molecule has 0 radical (unpaired) electrons. The number of rotatable bonds is 0. The van der Waals surface area contributed by atoms with Gasteiger partial charge in [-0.1, -0.05) is 0 Å². The van der Waals surface area contributed by atoms with Crippen molar-refractivity contribution in [2.75, 3.05) is 0 Å². The molecule has 2 saturated carbocycles. The normalized spacial score (nSPS) is 39.9. The van der Waals surface area contributed by atoms with Crippen LogP contribution < -0.4 is 0 Å². The molecule has 0 heterocycles. The van der Waals surface area contributed by atoms with Crippen LogP contribution in [0, 0.1) is 22.0 Å². The van der Waals surface area contributed by atoms with Gasteiger partial charge in [0.05, 0.1) is 6.10 Å². The summed E-state index contributed by atoms with van der Waals surface area (Å²) in [5, 5.41) is 22.4. The lowest BCUT2D eigenvalue weighted by Crippen LogP contribution is -2.20. The zero-order chi connectivity index (χ0) is 7.72. The van der Waals surface area contributed by atoms with Crippen LogP contribution in [-0.2, 0) is 0 Å². The lowest BCUT2D eigenvalue weighted by atomic mass is 9.97. The molecule has 0 spiro atoms. The summed E-state index contributed by atoms with van der Waals surface area (Å²) in [6.07, 6.45) is 2.53. The van der Waals surface area contributed by atoms with Gasteiger partial charge >= 0.3 is 0 Å². The van der Waals surface area contributed by atoms with E-state index in [1.165, 1.54) is 6.42 Å². The van der Waals surface area contributed by atoms with Crippen molar-refractivity contribution in [2.45, 2.75) is 18.9 Å². The second kappa shape index (κ2) is 2.42. The van der Waals surface area contributed by atoms with Gasteiger partial charge in [0, 0.05) is 0 Å². The van der Waals surface area contributed by atoms with Gasteiger partial charge in [0.15, 0.2) is 0 Å². The summed E-state index contributed by atoms with van der Waals surface area (Å²) in [5.41, 5.74) is 0. The van der Waals surface area contributed by atoms with Crippen LogP contribution in [0.1, 0.15) is 12.8 Å². The number of aliphatic hydroxyl groups is 1. The Morgan fingerprint density at radius 3 is 2.00 bits per heavy atom. The summed E-state index contributed by atoms with van der Waals surface area (Å²) in [5.74, 6) is 1.71. The summed E-state index contributed by atoms with van der Waals surface area (Å²) in [7, 11) is 0. The number of aliphatic hydroxyl groups excluding tert-OH is 1. The van der Waals surface area contributed by atoms with Gasteiger partial charge in [0.2, 0.25) is 0 Å². The molecule has 0 aromatic carbocycles. The summed E-state index contributed by atoms with van der Waals surface area (Å²) in [6.45, 7) is 0. The van der Waals surface area contributed by atoms with Crippen molar-refractivity contribution in [2.24, 2.45) is 11.8 Å². The molecular weight excluding hydrogens is 138 g/mol. The first-order valence-electron chi connectivity index (χ1n) is 3.12. The van der Waals surface area contributed by atoms with Crippen molar-refractivity contribution in [1.29, 1.82) is 0 Å². The molecule has 5 nitrogen and oxygen atoms in total. The zero-order valence-corrected chi connectivity index (χ0v) is 5.30. The van der Waals surface area contributed by atoms with Gasteiger partial charge in [-0.05, 0) is 24.7 Å². The number of hydrogen-bond acceptors (Lipinski definition) is 3. The molecule has 2 rings (SSSR count). The Balaban J connectivity index is 0.000000112. The van der Waals surface area contributed by atoms with E-state index in [1.54, 1.807) is 0 Å². The zero-order valence-electron chi connectivity index (χ0n) is 5.30. The molecule has 3 atom stereocenters. The van der Waals surface area contributed by atoms with Gasteiger partial charge in [0.25, 0.3) is 5.09 Å². The van der Waals surface area contributed by atoms with Crippen molar-refractivity contribution in [3.63, 3.8) is 0 Å². The molecule has 10 heavy (non-hydrogen) atoms. The fourth-order valence-corrected chi connectivity index (χ4v) is 1.30. The van der Waals surface area contributed by atoms with Crippen molar-refractivity contribution in [3.05, 3.63) is 10.1 Å². The van der Waals surface area contributed by atoms with E-state index >= 15 is 0 Å². The average Bonchev–Trinajstić information content (AvgIpc) is 2.39. The number of hydrogen-bond donors (Lipinski definition) is 2. The smallest absolute Gasteiger partial charge is 0.291 e. The third-order valence-corrected chi connectivity index (χ3v) is 2.02. The van der Waals surface area contributed by atoms with Crippen LogP contribution in [-0.4, -0.2) is 21.5 Å². The first kappa shape index (κ1) is 7.27. The number of nitrogens with zero attached hydrogens (tertiary/aromatic N) is 1. The van der Waals surface area contributed by atoms with Crippen LogP contribution in [0.3, 0.4) is 0 Å². The van der Waals surface area contributed by atoms with Crippen molar-refractivity contribution < 1.29 is 15.4 Å². The molecule has 2 aliphatic carbocycles. The Hall–Kier alpha value is -0.840. The minimum Gasteiger partial charge on any atom is -0.393 e. The van der Waals surface area contributed by atoms with Gasteiger partial charge < -0.3 is 10.3 Å². The Morgan fingerprint density at radius 1 is 1.50 bits per heavy atom. The lowest BCUT2D eigenvalue weighted by Gasteiger charge is -2.16. The summed E-state index contributed by atoms with van der Waals surface area (Å²) < 4.78 is 0. The molecule has 5 heteroatoms. The minimum absolute atomic E-state index is 0.106. The fourth-order valence-electron chi connectivity index (χ4n) is 1.30. The fraction of sp³-hybridized carbons (Fsp3) is 1.00. The van der Waals surface area contributed by atoms with Crippen LogP contribution in [0.15, 0.2) is 0 Å². The van der Waals surface area contributed by atoms with Gasteiger partial charge in [-0.15, -0.1) is 10.1 Å². The predicted molar refractivity (Wildman–Crippen MR) is 31.0 cm³/mol. The molecule has 2 N–H and O–H groups in total. The second-order valence-electron chi connectivity index (χ2n) is 2.70. The first-order valence-corrected chi connectivity index (χ1v) is 3.12. The van der Waals surface area contributed by atoms with Crippen molar-refractivity contribution in [3.8, 4) is 0 Å². The van der Waals surface area contributed by atoms with E-state index in [1.807, 2.05) is 0 Å². The highest BCUT2D eigenvalue weighted by atomic mass is 16.9. The Labute approximate surface area is 57.4 Å². The van der Waals surface area contributed by atoms with Gasteiger partial charge in [0.1, 0.15) is 0 Å². The summed E-state index contributed by atoms with van der Waals surface area (Å²) in [6, 6.07) is 0. The van der Waals surface area contributed by atoms with Gasteiger partial charge in [-0.3, -0.25) is 0 Å². The summed E-state index contributed by atoms with van der Waals surface area (Å²) in [4.78, 5) is 8.36. The Kier molecular flexibility index (Phi) is 1.76. The molecule has 58 valence electrons. The number of fused-ring (bicyclic) bond motifs is 1. The maximum Gasteiger partial charge on any atom is 0.291 e. The minimum atomic E-state index is -1.50. The van der Waals surface area contributed by atoms with Crippen LogP contribution in [0.25, 0.3) is 0 Å². The molecule has 0 aromatic heterocycles. The van der Waals surface area contributed by atoms with E-state index in [9.17, 15) is 0 Å². The van der Waals surface area contributed by atoms with Crippen molar-refractivity contribution in [1.82, 2.24) is 0 Å². The molecule has 0 aliphatic heterocycles. The van der Waals surface area contributed by atoms with Crippen LogP contribution in [0.5, 0.6) is 0 Å². The molecule has 2 fully saturated rings. The highest BCUT2D eigenvalue weighted by molar-refractivity contribution is 5.02. The lowest BCUT2D eigenvalue weighted by molar-refractivity contribution is -0.742. The van der Waals surface area contributed by atoms with Crippen LogP contribution in [0.4, 0.5) is 0 Å². The molecule has 3 unspecified atom stereocenters. The maximum atomic E-state index is 8.76. The van der Waals surface area contributed by atoms with Crippen molar-refractivity contribution >= 4 is 0 Å². The van der Waals surface area contributed by atoms with Gasteiger partial charge in [-0.25, -0.2) is 0 Å². The van der Waals surface area contributed by atoms with Gasteiger partial charge in [-0.2, -0.15) is 0 Å². The molecule has 0 saturated heterocycles.